The second-order valence-electron chi connectivity index (χ2n) is 4.90. The molecule has 7 heteroatoms. The number of halogens is 1. The number of guanidine groups is 1. The van der Waals surface area contributed by atoms with Gasteiger partial charge in [0.2, 0.25) is 0 Å². The molecule has 120 valence electrons. The van der Waals surface area contributed by atoms with Gasteiger partial charge in [0, 0.05) is 45.0 Å². The van der Waals surface area contributed by atoms with Crippen molar-refractivity contribution >= 4 is 58.0 Å². The number of nitrogens with zero attached hydrogens (tertiary/aromatic N) is 3. The Morgan fingerprint density at radius 2 is 2.14 bits per heavy atom. The first-order valence-corrected chi connectivity index (χ1v) is 9.18. The summed E-state index contributed by atoms with van der Waals surface area (Å²) in [6.45, 7) is 7.41. The van der Waals surface area contributed by atoms with E-state index >= 15 is 0 Å². The maximum absolute atomic E-state index is 4.41. The molecular weight excluding hydrogens is 415 g/mol. The SMILES string of the molecule is CN=C(NCC(C)SC)N1CCN(c2cccs2)CC1.I. The van der Waals surface area contributed by atoms with E-state index < -0.39 is 0 Å². The zero-order chi connectivity index (χ0) is 14.4. The summed E-state index contributed by atoms with van der Waals surface area (Å²) in [6.07, 6.45) is 2.15. The lowest BCUT2D eigenvalue weighted by atomic mass is 10.3. The molecule has 1 aliphatic heterocycles. The predicted octanol–water partition coefficient (Wildman–Crippen LogP) is 2.82. The molecule has 1 aromatic heterocycles. The molecule has 21 heavy (non-hydrogen) atoms. The number of hydrogen-bond acceptors (Lipinski definition) is 4. The topological polar surface area (TPSA) is 30.9 Å². The van der Waals surface area contributed by atoms with Crippen LogP contribution in [0.1, 0.15) is 6.92 Å². The second-order valence-corrected chi connectivity index (χ2v) is 7.10. The van der Waals surface area contributed by atoms with Gasteiger partial charge >= 0.3 is 0 Å². The standard InChI is InChI=1S/C14H24N4S2.HI/c1-12(19-3)11-16-14(15-2)18-8-6-17(7-9-18)13-5-4-10-20-13;/h4-5,10,12H,6-9,11H2,1-3H3,(H,15,16);1H. The lowest BCUT2D eigenvalue weighted by Crippen LogP contribution is -2.53. The molecule has 1 atom stereocenters. The normalized spacial score (nSPS) is 17.4. The number of anilines is 1. The highest BCUT2D eigenvalue weighted by atomic mass is 127. The molecule has 0 aliphatic carbocycles. The number of thiophene rings is 1. The van der Waals surface area contributed by atoms with Gasteiger partial charge in [-0.05, 0) is 23.8 Å². The van der Waals surface area contributed by atoms with Gasteiger partial charge in [-0.25, -0.2) is 0 Å². The summed E-state index contributed by atoms with van der Waals surface area (Å²) in [7, 11) is 1.87. The third-order valence-corrected chi connectivity index (χ3v) is 5.46. The average Bonchev–Trinajstić information content (AvgIpc) is 3.02. The second kappa shape index (κ2) is 9.78. The summed E-state index contributed by atoms with van der Waals surface area (Å²) < 4.78 is 0. The van der Waals surface area contributed by atoms with E-state index in [1.165, 1.54) is 5.00 Å². The highest BCUT2D eigenvalue weighted by Gasteiger charge is 2.20. The Balaban J connectivity index is 0.00000220. The lowest BCUT2D eigenvalue weighted by Gasteiger charge is -2.37. The van der Waals surface area contributed by atoms with E-state index in [0.717, 1.165) is 38.7 Å². The van der Waals surface area contributed by atoms with Crippen molar-refractivity contribution in [3.63, 3.8) is 0 Å². The first-order chi connectivity index (χ1) is 9.74. The van der Waals surface area contributed by atoms with E-state index in [4.69, 9.17) is 0 Å². The van der Waals surface area contributed by atoms with E-state index in [1.807, 2.05) is 30.1 Å². The number of aliphatic imine (C=N–C) groups is 1. The van der Waals surface area contributed by atoms with Gasteiger partial charge in [0.15, 0.2) is 5.96 Å². The molecule has 1 unspecified atom stereocenters. The Morgan fingerprint density at radius 1 is 1.43 bits per heavy atom. The van der Waals surface area contributed by atoms with Crippen LogP contribution in [0, 0.1) is 0 Å². The molecule has 0 amide bonds. The van der Waals surface area contributed by atoms with E-state index in [9.17, 15) is 0 Å². The van der Waals surface area contributed by atoms with Gasteiger partial charge in [-0.15, -0.1) is 35.3 Å². The molecule has 2 heterocycles. The largest absolute Gasteiger partial charge is 0.360 e. The molecule has 1 saturated heterocycles. The summed E-state index contributed by atoms with van der Waals surface area (Å²) in [5.41, 5.74) is 0. The van der Waals surface area contributed by atoms with Crippen molar-refractivity contribution in [1.82, 2.24) is 10.2 Å². The quantitative estimate of drug-likeness (QED) is 0.443. The summed E-state index contributed by atoms with van der Waals surface area (Å²) in [5, 5.41) is 7.61. The highest BCUT2D eigenvalue weighted by Crippen LogP contribution is 2.22. The summed E-state index contributed by atoms with van der Waals surface area (Å²) in [6, 6.07) is 4.32. The van der Waals surface area contributed by atoms with Gasteiger partial charge in [-0.3, -0.25) is 4.99 Å². The fraction of sp³-hybridized carbons (Fsp3) is 0.643. The van der Waals surface area contributed by atoms with Crippen molar-refractivity contribution in [2.45, 2.75) is 12.2 Å². The van der Waals surface area contributed by atoms with Crippen LogP contribution in [-0.4, -0.2) is 62.1 Å². The maximum Gasteiger partial charge on any atom is 0.193 e. The van der Waals surface area contributed by atoms with E-state index in [2.05, 4.69) is 50.8 Å². The van der Waals surface area contributed by atoms with Crippen LogP contribution in [0.2, 0.25) is 0 Å². The first kappa shape index (κ1) is 18.9. The Morgan fingerprint density at radius 3 is 2.67 bits per heavy atom. The van der Waals surface area contributed by atoms with Crippen LogP contribution in [0.15, 0.2) is 22.5 Å². The molecule has 4 nitrogen and oxygen atoms in total. The fourth-order valence-electron chi connectivity index (χ4n) is 2.24. The van der Waals surface area contributed by atoms with Crippen LogP contribution >= 0.6 is 47.1 Å². The number of piperazine rings is 1. The minimum Gasteiger partial charge on any atom is -0.360 e. The van der Waals surface area contributed by atoms with Crippen molar-refractivity contribution in [2.24, 2.45) is 4.99 Å². The minimum absolute atomic E-state index is 0. The molecule has 0 radical (unpaired) electrons. The maximum atomic E-state index is 4.41. The number of thioether (sulfide) groups is 1. The molecule has 1 aliphatic rings. The van der Waals surface area contributed by atoms with Gasteiger partial charge < -0.3 is 15.1 Å². The van der Waals surface area contributed by atoms with Crippen molar-refractivity contribution in [3.8, 4) is 0 Å². The van der Waals surface area contributed by atoms with Crippen molar-refractivity contribution in [3.05, 3.63) is 17.5 Å². The molecular formula is C14H25IN4S2. The Labute approximate surface area is 153 Å². The van der Waals surface area contributed by atoms with Crippen LogP contribution in [0.3, 0.4) is 0 Å². The molecule has 1 aromatic rings. The summed E-state index contributed by atoms with van der Waals surface area (Å²) in [4.78, 5) is 9.23. The molecule has 0 saturated carbocycles. The number of hydrogen-bond donors (Lipinski definition) is 1. The summed E-state index contributed by atoms with van der Waals surface area (Å²) >= 11 is 3.70. The monoisotopic (exact) mass is 440 g/mol. The van der Waals surface area contributed by atoms with Gasteiger partial charge in [0.05, 0.1) is 5.00 Å². The van der Waals surface area contributed by atoms with Gasteiger partial charge in [-0.2, -0.15) is 11.8 Å². The summed E-state index contributed by atoms with van der Waals surface area (Å²) in [5.74, 6) is 1.04. The number of nitrogens with one attached hydrogen (secondary N) is 1. The molecule has 0 spiro atoms. The third kappa shape index (κ3) is 5.52. The first-order valence-electron chi connectivity index (χ1n) is 7.01. The van der Waals surface area contributed by atoms with Crippen LogP contribution in [0.5, 0.6) is 0 Å². The number of rotatable bonds is 4. The highest BCUT2D eigenvalue weighted by molar-refractivity contribution is 14.0. The van der Waals surface area contributed by atoms with E-state index in [1.54, 1.807) is 0 Å². The average molecular weight is 440 g/mol. The lowest BCUT2D eigenvalue weighted by molar-refractivity contribution is 0.374. The van der Waals surface area contributed by atoms with Crippen molar-refractivity contribution < 1.29 is 0 Å². The molecule has 1 fully saturated rings. The van der Waals surface area contributed by atoms with Gasteiger partial charge in [0.25, 0.3) is 0 Å². The van der Waals surface area contributed by atoms with Crippen molar-refractivity contribution in [2.75, 3.05) is 50.9 Å². The van der Waals surface area contributed by atoms with Crippen molar-refractivity contribution in [1.29, 1.82) is 0 Å². The van der Waals surface area contributed by atoms with Crippen LogP contribution in [0.25, 0.3) is 0 Å². The Bertz CT molecular complexity index is 417. The minimum atomic E-state index is 0. The smallest absolute Gasteiger partial charge is 0.193 e. The van der Waals surface area contributed by atoms with E-state index in [-0.39, 0.29) is 24.0 Å². The molecule has 0 bridgehead atoms. The zero-order valence-corrected chi connectivity index (χ0v) is 16.9. The van der Waals surface area contributed by atoms with Gasteiger partial charge in [-0.1, -0.05) is 6.92 Å². The Hall–Kier alpha value is -0.150. The fourth-order valence-corrected chi connectivity index (χ4v) is 3.27. The van der Waals surface area contributed by atoms with Gasteiger partial charge in [0.1, 0.15) is 0 Å². The van der Waals surface area contributed by atoms with E-state index in [0.29, 0.717) is 5.25 Å². The molecule has 0 aromatic carbocycles. The molecule has 2 rings (SSSR count). The van der Waals surface area contributed by atoms with Crippen LogP contribution in [0.4, 0.5) is 5.00 Å². The predicted molar refractivity (Wildman–Crippen MR) is 108 cm³/mol. The van der Waals surface area contributed by atoms with Crippen LogP contribution < -0.4 is 10.2 Å². The third-order valence-electron chi connectivity index (χ3n) is 3.56. The zero-order valence-electron chi connectivity index (χ0n) is 12.9. The molecule has 1 N–H and O–H groups in total. The Kier molecular flexibility index (Phi) is 8.80. The van der Waals surface area contributed by atoms with Crippen LogP contribution in [-0.2, 0) is 0 Å².